The average molecular weight is 345 g/mol. The lowest BCUT2D eigenvalue weighted by molar-refractivity contribution is -0.137. The van der Waals surface area contributed by atoms with E-state index in [0.29, 0.717) is 23.1 Å². The summed E-state index contributed by atoms with van der Waals surface area (Å²) in [7, 11) is 0. The lowest BCUT2D eigenvalue weighted by Crippen LogP contribution is -2.18. The summed E-state index contributed by atoms with van der Waals surface area (Å²) < 4.78 is 5.69. The number of pyridine rings is 1. The van der Waals surface area contributed by atoms with Gasteiger partial charge in [-0.2, -0.15) is 0 Å². The monoisotopic (exact) mass is 345 g/mol. The maximum Gasteiger partial charge on any atom is 0.329 e. The topological polar surface area (TPSA) is 97.8 Å². The normalized spacial score (nSPS) is 18.4. The second-order valence-corrected chi connectivity index (χ2v) is 6.77. The Kier molecular flexibility index (Phi) is 5.01. The van der Waals surface area contributed by atoms with E-state index in [0.717, 1.165) is 23.1 Å². The summed E-state index contributed by atoms with van der Waals surface area (Å²) in [4.78, 5) is 19.8. The van der Waals surface area contributed by atoms with Crippen LogP contribution in [-0.2, 0) is 4.79 Å². The first kappa shape index (κ1) is 16.7. The number of aliphatic imine (C=N–C) groups is 1. The van der Waals surface area contributed by atoms with E-state index in [1.807, 2.05) is 37.3 Å². The number of fused-ring (bicyclic) bond motifs is 1. The summed E-state index contributed by atoms with van der Waals surface area (Å²) in [6, 6.07) is 8.98. The third-order valence-electron chi connectivity index (χ3n) is 3.66. The Balaban J connectivity index is 1.77. The minimum Gasteiger partial charge on any atom is -0.494 e. The zero-order valence-corrected chi connectivity index (χ0v) is 14.1. The summed E-state index contributed by atoms with van der Waals surface area (Å²) in [5, 5.41) is 10.7. The summed E-state index contributed by atoms with van der Waals surface area (Å²) >= 11 is 1.43. The second kappa shape index (κ2) is 7.19. The van der Waals surface area contributed by atoms with Crippen LogP contribution in [0.4, 0.5) is 0 Å². The van der Waals surface area contributed by atoms with E-state index in [-0.39, 0.29) is 6.04 Å². The summed E-state index contributed by atoms with van der Waals surface area (Å²) in [6.07, 6.45) is 0.803. The number of nitrogens with two attached hydrogens (primary N) is 1. The molecule has 0 radical (unpaired) electrons. The van der Waals surface area contributed by atoms with Gasteiger partial charge in [0.15, 0.2) is 6.04 Å². The van der Waals surface area contributed by atoms with Crippen LogP contribution < -0.4 is 10.5 Å². The van der Waals surface area contributed by atoms with Gasteiger partial charge in [-0.25, -0.2) is 9.78 Å². The predicted octanol–water partition coefficient (Wildman–Crippen LogP) is 2.30. The molecule has 1 aliphatic heterocycles. The van der Waals surface area contributed by atoms with Crippen LogP contribution in [0.1, 0.15) is 19.0 Å². The van der Waals surface area contributed by atoms with Crippen molar-refractivity contribution in [2.45, 2.75) is 25.4 Å². The van der Waals surface area contributed by atoms with Crippen molar-refractivity contribution in [1.82, 2.24) is 4.98 Å². The largest absolute Gasteiger partial charge is 0.494 e. The van der Waals surface area contributed by atoms with Crippen molar-refractivity contribution in [2.24, 2.45) is 10.7 Å². The fourth-order valence-corrected chi connectivity index (χ4v) is 3.31. The Morgan fingerprint density at radius 1 is 1.46 bits per heavy atom. The maximum atomic E-state index is 11.0. The molecule has 6 nitrogen and oxygen atoms in total. The molecule has 1 aromatic carbocycles. The van der Waals surface area contributed by atoms with Crippen molar-refractivity contribution in [3.63, 3.8) is 0 Å². The smallest absolute Gasteiger partial charge is 0.329 e. The second-order valence-electron chi connectivity index (χ2n) is 5.76. The molecule has 0 bridgehead atoms. The molecule has 0 fully saturated rings. The molecule has 2 aromatic rings. The Morgan fingerprint density at radius 3 is 3.00 bits per heavy atom. The molecule has 24 heavy (non-hydrogen) atoms. The van der Waals surface area contributed by atoms with Crippen molar-refractivity contribution >= 4 is 33.7 Å². The van der Waals surface area contributed by atoms with Crippen molar-refractivity contribution < 1.29 is 14.6 Å². The highest BCUT2D eigenvalue weighted by Gasteiger charge is 2.25. The van der Waals surface area contributed by atoms with Gasteiger partial charge in [0.1, 0.15) is 10.8 Å². The quantitative estimate of drug-likeness (QED) is 0.834. The molecule has 2 atom stereocenters. The van der Waals surface area contributed by atoms with Crippen molar-refractivity contribution in [3.05, 3.63) is 36.0 Å². The number of aliphatic carboxylic acids is 1. The van der Waals surface area contributed by atoms with E-state index in [2.05, 4.69) is 9.98 Å². The number of benzene rings is 1. The molecule has 1 aliphatic rings. The molecule has 0 amide bonds. The predicted molar refractivity (Wildman–Crippen MR) is 95.9 cm³/mol. The van der Waals surface area contributed by atoms with Gasteiger partial charge in [-0.3, -0.25) is 4.99 Å². The Labute approximate surface area is 144 Å². The van der Waals surface area contributed by atoms with E-state index >= 15 is 0 Å². The molecule has 3 N–H and O–H groups in total. The minimum atomic E-state index is -0.896. The van der Waals surface area contributed by atoms with Gasteiger partial charge in [-0.1, -0.05) is 6.07 Å². The molecule has 1 aromatic heterocycles. The highest BCUT2D eigenvalue weighted by atomic mass is 32.2. The Bertz CT molecular complexity index is 792. The molecule has 126 valence electrons. The van der Waals surface area contributed by atoms with Crippen LogP contribution in [0, 0.1) is 0 Å². The van der Waals surface area contributed by atoms with E-state index in [4.69, 9.17) is 15.6 Å². The number of nitrogens with zero attached hydrogens (tertiary/aromatic N) is 2. The zero-order chi connectivity index (χ0) is 17.1. The molecule has 3 rings (SSSR count). The van der Waals surface area contributed by atoms with Gasteiger partial charge in [-0.05, 0) is 37.6 Å². The number of hydrogen-bond acceptors (Lipinski definition) is 6. The molecule has 0 saturated carbocycles. The Hall–Kier alpha value is -2.12. The van der Waals surface area contributed by atoms with Gasteiger partial charge < -0.3 is 15.6 Å². The average Bonchev–Trinajstić information content (AvgIpc) is 3.04. The molecule has 0 saturated heterocycles. The van der Waals surface area contributed by atoms with Crippen molar-refractivity contribution in [3.8, 4) is 5.75 Å². The zero-order valence-electron chi connectivity index (χ0n) is 13.3. The van der Waals surface area contributed by atoms with Gasteiger partial charge in [-0.15, -0.1) is 11.8 Å². The standard InChI is InChI=1S/C17H19N3O3S/c1-10(18)6-7-23-12-3-5-13-11(8-12)2-4-14(19-13)16-20-15(9-24-16)17(21)22/h2-5,8,10,15H,6-7,9,18H2,1H3,(H,21,22)/t10?,15-/m1/s1. The van der Waals surface area contributed by atoms with Crippen LogP contribution in [-0.4, -0.2) is 45.5 Å². The van der Waals surface area contributed by atoms with Gasteiger partial charge >= 0.3 is 5.97 Å². The fraction of sp³-hybridized carbons (Fsp3) is 0.353. The van der Waals surface area contributed by atoms with E-state index in [1.54, 1.807) is 0 Å². The summed E-state index contributed by atoms with van der Waals surface area (Å²) in [6.45, 7) is 2.53. The number of hydrogen-bond donors (Lipinski definition) is 2. The molecular formula is C17H19N3O3S. The molecule has 0 spiro atoms. The molecule has 7 heteroatoms. The number of rotatable bonds is 6. The van der Waals surface area contributed by atoms with Gasteiger partial charge in [0.2, 0.25) is 0 Å². The Morgan fingerprint density at radius 2 is 2.29 bits per heavy atom. The van der Waals surface area contributed by atoms with Crippen LogP contribution >= 0.6 is 11.8 Å². The van der Waals surface area contributed by atoms with Crippen molar-refractivity contribution in [2.75, 3.05) is 12.4 Å². The highest BCUT2D eigenvalue weighted by Crippen LogP contribution is 2.25. The number of carbonyl (C=O) groups is 1. The van der Waals surface area contributed by atoms with Gasteiger partial charge in [0.05, 0.1) is 17.8 Å². The number of ether oxygens (including phenoxy) is 1. The molecule has 1 unspecified atom stereocenters. The first-order valence-electron chi connectivity index (χ1n) is 7.76. The fourth-order valence-electron chi connectivity index (χ4n) is 2.32. The summed E-state index contributed by atoms with van der Waals surface area (Å²) in [5.74, 6) is 0.347. The lowest BCUT2D eigenvalue weighted by Gasteiger charge is -2.09. The third-order valence-corrected chi connectivity index (χ3v) is 4.73. The van der Waals surface area contributed by atoms with E-state index < -0.39 is 12.0 Å². The van der Waals surface area contributed by atoms with Gasteiger partial charge in [0.25, 0.3) is 0 Å². The van der Waals surface area contributed by atoms with Crippen LogP contribution in [0.2, 0.25) is 0 Å². The van der Waals surface area contributed by atoms with Gasteiger partial charge in [0, 0.05) is 17.2 Å². The first-order valence-corrected chi connectivity index (χ1v) is 8.74. The first-order chi connectivity index (χ1) is 11.5. The van der Waals surface area contributed by atoms with Crippen LogP contribution in [0.15, 0.2) is 35.3 Å². The number of carboxylic acid groups (broad SMARTS) is 1. The lowest BCUT2D eigenvalue weighted by atomic mass is 10.2. The number of aromatic nitrogens is 1. The highest BCUT2D eigenvalue weighted by molar-refractivity contribution is 8.14. The SMILES string of the molecule is CC(N)CCOc1ccc2nc(C3=N[C@@H](C(=O)O)CS3)ccc2c1. The summed E-state index contributed by atoms with van der Waals surface area (Å²) in [5.41, 5.74) is 7.25. The number of thioether (sulfide) groups is 1. The van der Waals surface area contributed by atoms with Crippen LogP contribution in [0.25, 0.3) is 10.9 Å². The molecule has 0 aliphatic carbocycles. The van der Waals surface area contributed by atoms with Crippen molar-refractivity contribution in [1.29, 1.82) is 0 Å². The maximum absolute atomic E-state index is 11.0. The van der Waals surface area contributed by atoms with Crippen LogP contribution in [0.3, 0.4) is 0 Å². The molecule has 2 heterocycles. The van der Waals surface area contributed by atoms with E-state index in [9.17, 15) is 4.79 Å². The molecular weight excluding hydrogens is 326 g/mol. The number of carboxylic acids is 1. The van der Waals surface area contributed by atoms with Crippen LogP contribution in [0.5, 0.6) is 5.75 Å². The third kappa shape index (κ3) is 3.85. The van der Waals surface area contributed by atoms with E-state index in [1.165, 1.54) is 11.8 Å². The minimum absolute atomic E-state index is 0.119.